The largest absolute Gasteiger partial charge is 0.458 e. The summed E-state index contributed by atoms with van der Waals surface area (Å²) >= 11 is 14.5. The van der Waals surface area contributed by atoms with Gasteiger partial charge in [-0.1, -0.05) is 26.5 Å². The average Bonchev–Trinajstić information content (AvgIpc) is 3.99. The fraction of sp³-hybridized carbons (Fsp3) is 0.600. The molecule has 27 heteroatoms. The molecule has 2 aromatic rings. The Hall–Kier alpha value is -0.370. The zero-order chi connectivity index (χ0) is 52.0. The Kier molecular flexibility index (Phi) is 18.4. The second-order valence-corrected chi connectivity index (χ2v) is 16.0. The summed E-state index contributed by atoms with van der Waals surface area (Å²) in [4.78, 5) is 18.0. The van der Waals surface area contributed by atoms with Gasteiger partial charge in [0.15, 0.2) is 36.2 Å². The number of benzene rings is 1. The maximum atomic E-state index is 13.7. The van der Waals surface area contributed by atoms with Crippen molar-refractivity contribution in [3.05, 3.63) is 40.4 Å². The Balaban J connectivity index is 0.00000122. The Morgan fingerprint density at radius 3 is 2.32 bits per heavy atom. The highest BCUT2D eigenvalue weighted by Crippen LogP contribution is 2.41. The predicted octanol–water partition coefficient (Wildman–Crippen LogP) is -0.259. The van der Waals surface area contributed by atoms with Crippen molar-refractivity contribution in [2.75, 3.05) is 29.5 Å². The number of nitrogens with zero attached hydrogens (tertiary/aromatic N) is 1. The summed E-state index contributed by atoms with van der Waals surface area (Å²) in [6.45, 7) is 5.80. The summed E-state index contributed by atoms with van der Waals surface area (Å²) in [5.41, 5.74) is 6.84. The van der Waals surface area contributed by atoms with Gasteiger partial charge in [-0.3, -0.25) is 4.79 Å². The molecule has 3 heterocycles. The zero-order valence-electron chi connectivity index (χ0n) is 43.4. The summed E-state index contributed by atoms with van der Waals surface area (Å²) in [6.07, 6.45) is -7.81. The van der Waals surface area contributed by atoms with Crippen molar-refractivity contribution in [1.29, 1.82) is 16.3 Å². The molecule has 0 spiro atoms. The third-order valence-corrected chi connectivity index (χ3v) is 9.60. The van der Waals surface area contributed by atoms with E-state index in [2.05, 4.69) is 47.7 Å². The molecular weight excluding hydrogens is 868 g/mol. The minimum absolute atomic E-state index is 0.00421. The van der Waals surface area contributed by atoms with Gasteiger partial charge in [-0.25, -0.2) is 42.4 Å². The van der Waals surface area contributed by atoms with Gasteiger partial charge in [-0.05, 0) is 78.1 Å². The molecule has 0 radical (unpaired) electrons. The fourth-order valence-corrected chi connectivity index (χ4v) is 7.15. The third-order valence-electron chi connectivity index (χ3n) is 7.49. The standard InChI is InChI=1S/C27H38B3N3O11S4.3CH5BS/c1-11(25(37)33-16-17(34)18(35)22-24(39-10-38-22)21(16)43-47-8-29)4-12-2-3-14(15(5-12)42-46-7-28)40-26-19(36)23(44-48-9-30)20(41-26)13-6-45-27(31)32-13;3*1-2-3/h2-6,16-24,26,34-36H,7-10,28-30H2,1H3,(H2,31,32)(H,33,37);3*2-3H,1H3/b11-4+;;;/t16?,17-,18+,19-,20+,21+,22+,23-,24-,26+;;;/m0.../s1/i28TD,29TD,30TD,34T,35T,36T;3*2D. The molecule has 5 rings (SSSR count). The van der Waals surface area contributed by atoms with Crippen LogP contribution in [0.15, 0.2) is 29.2 Å². The van der Waals surface area contributed by atoms with Crippen LogP contribution in [0.25, 0.3) is 6.08 Å². The van der Waals surface area contributed by atoms with E-state index in [-0.39, 0.29) is 65.5 Å². The summed E-state index contributed by atoms with van der Waals surface area (Å²) in [5, 5.41) is 19.6. The molecule has 3 aliphatic rings. The Labute approximate surface area is 391 Å². The SMILES string of the molecule is [2H]B(C)S.[2H]B(C)S.[2H]B(C)S.[2H]B([3H])CSOc1cc(/C=C(\C)C(=O)NC2[C@@H](OSCB([2H])[3H])[C@@H]3OCO[C@@H]3[C@H](O[3H])[C@H]2O[3H])ccc1O[C@@H]1O[C@H](c2csc(N)n2)[C@@H](OSCB([2H])[3H])[C@@H]1O[3H]. The summed E-state index contributed by atoms with van der Waals surface area (Å²) in [7, 11) is -3.58. The van der Waals surface area contributed by atoms with Crippen LogP contribution in [0.2, 0.25) is 20.5 Å². The van der Waals surface area contributed by atoms with Crippen molar-refractivity contribution in [3.63, 3.8) is 0 Å². The Bertz CT molecular complexity index is 1800. The van der Waals surface area contributed by atoms with Crippen molar-refractivity contribution in [3.8, 4) is 11.5 Å². The average molecular weight is 939 g/mol. The van der Waals surface area contributed by atoms with Crippen molar-refractivity contribution < 1.29 is 51.6 Å². The van der Waals surface area contributed by atoms with Crippen molar-refractivity contribution >= 4 is 145 Å². The third kappa shape index (κ3) is 16.1. The Morgan fingerprint density at radius 2 is 1.70 bits per heavy atom. The molecule has 0 bridgehead atoms. The number of anilines is 1. The normalized spacial score (nSPS) is 30.2. The Morgan fingerprint density at radius 1 is 1.07 bits per heavy atom. The molecular formula is C30H53B6N3O11S7. The molecule has 1 aromatic carbocycles. The number of carbonyl (C=O) groups excluding carboxylic acids is 1. The van der Waals surface area contributed by atoms with Crippen molar-refractivity contribution in [2.45, 2.75) is 88.6 Å². The number of aromatic nitrogens is 1. The zero-order valence-corrected chi connectivity index (χ0v) is 37.4. The molecule has 10 atom stereocenters. The lowest BCUT2D eigenvalue weighted by Crippen LogP contribution is -2.67. The first-order chi connectivity index (χ1) is 32.5. The van der Waals surface area contributed by atoms with Crippen LogP contribution in [-0.2, 0) is 27.4 Å². The van der Waals surface area contributed by atoms with Crippen molar-refractivity contribution in [2.24, 2.45) is 0 Å². The van der Waals surface area contributed by atoms with Gasteiger partial charge in [0.05, 0.1) is 11.7 Å². The molecule has 314 valence electrons. The number of nitrogen functional groups attached to an aromatic ring is 1. The van der Waals surface area contributed by atoms with Gasteiger partial charge in [0, 0.05) is 28.6 Å². The number of nitrogens with two attached hydrogens (primary N) is 1. The number of ether oxygens (including phenoxy) is 4. The molecule has 1 saturated carbocycles. The topological polar surface area (TPSA) is 193 Å². The van der Waals surface area contributed by atoms with Crippen LogP contribution in [0.1, 0.15) is 24.3 Å². The molecule has 14 nitrogen and oxygen atoms in total. The number of rotatable bonds is 21. The van der Waals surface area contributed by atoms with Gasteiger partial charge in [0.25, 0.3) is 0 Å². The number of fused-ring (bicyclic) bond motifs is 1. The monoisotopic (exact) mass is 939 g/mol. The van der Waals surface area contributed by atoms with E-state index < -0.39 is 90.4 Å². The summed E-state index contributed by atoms with van der Waals surface area (Å²) in [6, 6.07) is 3.56. The predicted molar refractivity (Wildman–Crippen MR) is 259 cm³/mol. The van der Waals surface area contributed by atoms with Crippen LogP contribution in [0.4, 0.5) is 5.13 Å². The summed E-state index contributed by atoms with van der Waals surface area (Å²) in [5.74, 6) is -0.398. The quantitative estimate of drug-likeness (QED) is 0.0353. The lowest BCUT2D eigenvalue weighted by atomic mass is 9.83. The van der Waals surface area contributed by atoms with Crippen LogP contribution < -0.4 is 20.0 Å². The first-order valence-electron chi connectivity index (χ1n) is 23.4. The number of thiol groups is 3. The molecule has 2 saturated heterocycles. The number of aliphatic hydroxyl groups is 3. The fourth-order valence-electron chi connectivity index (χ4n) is 5.32. The highest BCUT2D eigenvalue weighted by molar-refractivity contribution is 8.07. The number of hydrogen-bond donors (Lipinski definition) is 8. The van der Waals surface area contributed by atoms with Crippen molar-refractivity contribution in [1.82, 2.24) is 10.3 Å². The van der Waals surface area contributed by atoms with Gasteiger partial charge in [0.2, 0.25) is 16.5 Å². The molecule has 57 heavy (non-hydrogen) atoms. The molecule has 2 aliphatic heterocycles. The van der Waals surface area contributed by atoms with Crippen LogP contribution in [0.5, 0.6) is 11.5 Å². The number of nitrogens with one attached hydrogen (secondary N) is 1. The molecule has 6 N–H and O–H groups in total. The van der Waals surface area contributed by atoms with E-state index in [0.717, 1.165) is 36.1 Å². The van der Waals surface area contributed by atoms with E-state index in [1.54, 1.807) is 31.9 Å². The van der Waals surface area contributed by atoms with Crippen LogP contribution in [-0.4, -0.2) is 164 Å². The minimum atomic E-state index is -1.26. The minimum Gasteiger partial charge on any atom is -0.458 e. The highest BCUT2D eigenvalue weighted by atomic mass is 32.2. The maximum Gasteiger partial charge on any atom is 0.247 e. The van der Waals surface area contributed by atoms with Gasteiger partial charge in [-0.2, -0.15) is 0 Å². The maximum absolute atomic E-state index is 13.7. The van der Waals surface area contributed by atoms with E-state index >= 15 is 0 Å². The van der Waals surface area contributed by atoms with Gasteiger partial charge >= 0.3 is 0 Å². The van der Waals surface area contributed by atoms with Crippen LogP contribution >= 0.6 is 84.9 Å². The van der Waals surface area contributed by atoms with Crippen LogP contribution in [0, 0.1) is 0 Å². The molecule has 1 aromatic heterocycles. The van der Waals surface area contributed by atoms with Gasteiger partial charge < -0.3 is 57.9 Å². The van der Waals surface area contributed by atoms with Gasteiger partial charge in [0.1, 0.15) is 78.9 Å². The molecule has 1 unspecified atom stereocenters. The van der Waals surface area contributed by atoms with E-state index in [0.29, 0.717) is 11.3 Å². The molecule has 3 fully saturated rings. The lowest BCUT2D eigenvalue weighted by molar-refractivity contribution is -0.147. The van der Waals surface area contributed by atoms with E-state index in [1.807, 2.05) is 0 Å². The lowest BCUT2D eigenvalue weighted by Gasteiger charge is -2.43. The smallest absolute Gasteiger partial charge is 0.247 e. The molecule has 1 amide bonds. The van der Waals surface area contributed by atoms with Gasteiger partial charge in [-0.15, -0.1) is 11.3 Å². The van der Waals surface area contributed by atoms with Crippen LogP contribution in [0.3, 0.4) is 0 Å². The highest BCUT2D eigenvalue weighted by Gasteiger charge is 2.55. The number of aliphatic hydroxyl groups excluding tert-OH is 3. The van der Waals surface area contributed by atoms with E-state index in [9.17, 15) is 4.79 Å². The number of hydrogen-bond acceptors (Lipinski definition) is 20. The first kappa shape index (κ1) is 36.1. The van der Waals surface area contributed by atoms with E-state index in [1.165, 1.54) is 36.5 Å². The second-order valence-electron chi connectivity index (χ2n) is 11.3. The number of thiazole rings is 1. The summed E-state index contributed by atoms with van der Waals surface area (Å²) < 4.78 is 129. The molecule has 1 aliphatic carbocycles. The number of carbonyl (C=O) groups is 1. The first-order valence-corrected chi connectivity index (χ1v) is 22.2. The van der Waals surface area contributed by atoms with E-state index in [4.69, 9.17) is 68.9 Å². The second kappa shape index (κ2) is 29.0. The number of amides is 1.